The molecule has 3 aromatic carbocycles. The molecule has 2 fully saturated rings. The number of anilines is 1. The number of hydrogen-bond donors (Lipinski definition) is 4. The second-order valence-electron chi connectivity index (χ2n) is 12.1. The molecule has 0 saturated carbocycles. The van der Waals surface area contributed by atoms with Crippen LogP contribution in [0.3, 0.4) is 0 Å². The number of tetrazole rings is 1. The zero-order valence-corrected chi connectivity index (χ0v) is 26.3. The Morgan fingerprint density at radius 2 is 1.83 bits per heavy atom. The van der Waals surface area contributed by atoms with Crippen LogP contribution in [0.1, 0.15) is 46.7 Å². The quantitative estimate of drug-likeness (QED) is 0.164. The molecule has 2 amide bonds. The molecule has 13 heteroatoms. The Morgan fingerprint density at radius 1 is 1.04 bits per heavy atom. The number of aromatic carboxylic acids is 1. The van der Waals surface area contributed by atoms with Gasteiger partial charge in [-0.1, -0.05) is 41.9 Å². The van der Waals surface area contributed by atoms with Gasteiger partial charge < -0.3 is 21.5 Å². The van der Waals surface area contributed by atoms with Gasteiger partial charge in [-0.3, -0.25) is 9.28 Å². The molecule has 12 nitrogen and oxygen atoms in total. The molecule has 2 saturated heterocycles. The molecule has 0 radical (unpaired) electrons. The van der Waals surface area contributed by atoms with Gasteiger partial charge in [-0.2, -0.15) is 4.68 Å². The summed E-state index contributed by atoms with van der Waals surface area (Å²) in [7, 11) is 0. The molecule has 4 aromatic rings. The van der Waals surface area contributed by atoms with Crippen molar-refractivity contribution in [2.75, 3.05) is 25.0 Å². The number of nitrogens with one attached hydrogen (secondary N) is 2. The van der Waals surface area contributed by atoms with Crippen molar-refractivity contribution in [3.8, 4) is 5.69 Å². The van der Waals surface area contributed by atoms with Crippen LogP contribution in [0, 0.1) is 0 Å². The summed E-state index contributed by atoms with van der Waals surface area (Å²) in [6.45, 7) is 1.56. The predicted octanol–water partition coefficient (Wildman–Crippen LogP) is 3.64. The maximum Gasteiger partial charge on any atom is 0.338 e. The number of carbonyl (C=O) groups excluding carboxylic acids is 2. The van der Waals surface area contributed by atoms with Gasteiger partial charge in [0.25, 0.3) is 0 Å². The van der Waals surface area contributed by atoms with Crippen molar-refractivity contribution in [1.82, 2.24) is 25.5 Å². The fraction of sp³-hybridized carbons (Fsp3) is 0.294. The predicted molar refractivity (Wildman–Crippen MR) is 177 cm³/mol. The SMILES string of the molecule is NC1CC[N+](C(=O)/C=C/c2cc(Cl)ccc2-n2cnnn2)(C2CCC(C(=O)Nc3ccc(C(=O)O)cc3)NC2)CC1c1ccccc1. The molecule has 6 rings (SSSR count). The van der Waals surface area contributed by atoms with Gasteiger partial charge >= 0.3 is 11.9 Å². The highest BCUT2D eigenvalue weighted by molar-refractivity contribution is 6.30. The number of benzene rings is 3. The summed E-state index contributed by atoms with van der Waals surface area (Å²) in [6, 6.07) is 20.8. The average Bonchev–Trinajstić information content (AvgIpc) is 3.63. The number of carbonyl (C=O) groups is 3. The van der Waals surface area contributed by atoms with Crippen molar-refractivity contribution in [1.29, 1.82) is 0 Å². The van der Waals surface area contributed by atoms with Gasteiger partial charge in [-0.05, 0) is 71.0 Å². The number of halogens is 1. The highest BCUT2D eigenvalue weighted by Crippen LogP contribution is 2.36. The summed E-state index contributed by atoms with van der Waals surface area (Å²) < 4.78 is 1.72. The smallest absolute Gasteiger partial charge is 0.338 e. The number of carboxylic acid groups (broad SMARTS) is 1. The van der Waals surface area contributed by atoms with Crippen LogP contribution in [0.25, 0.3) is 11.8 Å². The van der Waals surface area contributed by atoms with E-state index in [0.29, 0.717) is 60.9 Å². The topological polar surface area (TPSA) is 165 Å². The Balaban J connectivity index is 1.24. The van der Waals surface area contributed by atoms with Crippen LogP contribution in [0.4, 0.5) is 5.69 Å². The van der Waals surface area contributed by atoms with Gasteiger partial charge in [0.05, 0.1) is 30.4 Å². The van der Waals surface area contributed by atoms with E-state index >= 15 is 0 Å². The number of nitrogens with two attached hydrogens (primary N) is 1. The van der Waals surface area contributed by atoms with Crippen molar-refractivity contribution >= 4 is 41.1 Å². The van der Waals surface area contributed by atoms with Crippen LogP contribution in [0.5, 0.6) is 0 Å². The van der Waals surface area contributed by atoms with Crippen LogP contribution in [-0.2, 0) is 9.59 Å². The summed E-state index contributed by atoms with van der Waals surface area (Å²) in [5.41, 5.74) is 9.85. The van der Waals surface area contributed by atoms with Crippen molar-refractivity contribution < 1.29 is 24.0 Å². The van der Waals surface area contributed by atoms with Gasteiger partial charge in [0.2, 0.25) is 5.91 Å². The van der Waals surface area contributed by atoms with E-state index in [4.69, 9.17) is 22.4 Å². The largest absolute Gasteiger partial charge is 0.478 e. The second-order valence-corrected chi connectivity index (χ2v) is 12.5. The molecule has 1 aromatic heterocycles. The van der Waals surface area contributed by atoms with Gasteiger partial charge in [0, 0.05) is 53.7 Å². The van der Waals surface area contributed by atoms with E-state index in [0.717, 1.165) is 5.56 Å². The van der Waals surface area contributed by atoms with Crippen molar-refractivity contribution in [3.63, 3.8) is 0 Å². The Bertz CT molecular complexity index is 1760. The van der Waals surface area contributed by atoms with E-state index in [2.05, 4.69) is 38.3 Å². The van der Waals surface area contributed by atoms with Gasteiger partial charge in [0.1, 0.15) is 12.4 Å². The molecule has 2 aliphatic rings. The van der Waals surface area contributed by atoms with Crippen LogP contribution in [0.2, 0.25) is 5.02 Å². The molecular weight excluding hydrogens is 620 g/mol. The van der Waals surface area contributed by atoms with Crippen LogP contribution < -0.4 is 16.4 Å². The Kier molecular flexibility index (Phi) is 9.55. The van der Waals surface area contributed by atoms with Crippen molar-refractivity contribution in [2.45, 2.75) is 43.3 Å². The molecule has 3 heterocycles. The van der Waals surface area contributed by atoms with E-state index in [1.165, 1.54) is 23.1 Å². The number of rotatable bonds is 8. The second kappa shape index (κ2) is 13.9. The first-order chi connectivity index (χ1) is 22.7. The molecule has 2 aliphatic heterocycles. The standard InChI is InChI=1S/C34H35ClN8O4/c35-25-9-14-31(42-21-38-40-41-42)24(18-25)8-15-32(44)43(17-16-29(36)28(20-43)22-4-2-1-3-5-22)27-12-13-30(37-19-27)33(45)39-26-10-6-23(7-11-26)34(46)47/h1-11,14-15,18,21,27-30,37H,12-13,16-17,19-20,36H2,(H-,39,45,46,47)/p+1/b15-8+. The summed E-state index contributed by atoms with van der Waals surface area (Å²) >= 11 is 6.34. The summed E-state index contributed by atoms with van der Waals surface area (Å²) in [5.74, 6) is -1.31. The number of nitrogens with zero attached hydrogens (tertiary/aromatic N) is 5. The number of aromatic nitrogens is 4. The fourth-order valence-corrected chi connectivity index (χ4v) is 6.96. The Morgan fingerprint density at radius 3 is 2.51 bits per heavy atom. The first-order valence-corrected chi connectivity index (χ1v) is 15.9. The van der Waals surface area contributed by atoms with E-state index in [1.54, 1.807) is 42.5 Å². The lowest BCUT2D eigenvalue weighted by Crippen LogP contribution is -2.69. The average molecular weight is 656 g/mol. The summed E-state index contributed by atoms with van der Waals surface area (Å²) in [5, 5.41) is 27.4. The van der Waals surface area contributed by atoms with Crippen LogP contribution in [-0.4, -0.2) is 85.3 Å². The summed E-state index contributed by atoms with van der Waals surface area (Å²) in [6.07, 6.45) is 6.71. The van der Waals surface area contributed by atoms with Gasteiger partial charge in [-0.15, -0.1) is 5.10 Å². The number of amides is 2. The lowest BCUT2D eigenvalue weighted by Gasteiger charge is -2.50. The minimum absolute atomic E-state index is 0.0277. The van der Waals surface area contributed by atoms with E-state index in [1.807, 2.05) is 18.2 Å². The zero-order chi connectivity index (χ0) is 33.0. The molecule has 47 heavy (non-hydrogen) atoms. The molecule has 242 valence electrons. The van der Waals surface area contributed by atoms with E-state index in [-0.39, 0.29) is 39.9 Å². The number of quaternary nitrogens is 1. The van der Waals surface area contributed by atoms with Crippen molar-refractivity contribution in [2.24, 2.45) is 5.73 Å². The van der Waals surface area contributed by atoms with E-state index < -0.39 is 12.0 Å². The minimum Gasteiger partial charge on any atom is -0.478 e. The molecule has 5 N–H and O–H groups in total. The highest BCUT2D eigenvalue weighted by atomic mass is 35.5. The third kappa shape index (κ3) is 7.00. The Labute approximate surface area is 276 Å². The van der Waals surface area contributed by atoms with Crippen LogP contribution >= 0.6 is 11.6 Å². The maximum absolute atomic E-state index is 14.5. The lowest BCUT2D eigenvalue weighted by molar-refractivity contribution is -0.883. The lowest BCUT2D eigenvalue weighted by atomic mass is 9.82. The maximum atomic E-state index is 14.5. The van der Waals surface area contributed by atoms with Gasteiger partial charge in [0.15, 0.2) is 0 Å². The number of carboxylic acids is 1. The molecular formula is C34H36ClN8O4+. The normalized spacial score (nSPS) is 24.6. The minimum atomic E-state index is -1.03. The third-order valence-corrected chi connectivity index (χ3v) is 9.60. The van der Waals surface area contributed by atoms with Crippen LogP contribution in [0.15, 0.2) is 85.2 Å². The highest BCUT2D eigenvalue weighted by Gasteiger charge is 2.50. The van der Waals surface area contributed by atoms with Crippen molar-refractivity contribution in [3.05, 3.63) is 107 Å². The Hall–Kier alpha value is -4.75. The number of hydrogen-bond acceptors (Lipinski definition) is 8. The number of likely N-dealkylation sites (tertiary alicyclic amines) is 1. The zero-order valence-electron chi connectivity index (χ0n) is 25.6. The molecule has 0 aliphatic carbocycles. The fourth-order valence-electron chi connectivity index (χ4n) is 6.78. The first-order valence-electron chi connectivity index (χ1n) is 15.5. The van der Waals surface area contributed by atoms with Gasteiger partial charge in [-0.25, -0.2) is 9.59 Å². The molecule has 5 unspecified atom stereocenters. The molecule has 5 atom stereocenters. The summed E-state index contributed by atoms with van der Waals surface area (Å²) in [4.78, 5) is 38.8. The molecule has 0 bridgehead atoms. The molecule has 0 spiro atoms. The first kappa shape index (κ1) is 32.2. The monoisotopic (exact) mass is 655 g/mol. The number of piperidine rings is 2. The third-order valence-electron chi connectivity index (χ3n) is 9.36. The van der Waals surface area contributed by atoms with E-state index in [9.17, 15) is 14.4 Å².